The summed E-state index contributed by atoms with van der Waals surface area (Å²) < 4.78 is 43.8. The van der Waals surface area contributed by atoms with E-state index < -0.39 is 33.6 Å². The van der Waals surface area contributed by atoms with Crippen LogP contribution in [0.4, 0.5) is 10.1 Å². The third kappa shape index (κ3) is 4.35. The standard InChI is InChI=1S/C19H20FNO5S/c1-19(10-26-11-19)12-27(24,25)16-4-2-3-13(8-16)18(23)21-15-5-6-17(20)14(7-15)9-22/h2-8,22H,9-12H2,1H3,(H,21,23). The highest BCUT2D eigenvalue weighted by Crippen LogP contribution is 2.31. The first-order valence-electron chi connectivity index (χ1n) is 8.34. The van der Waals surface area contributed by atoms with Crippen molar-refractivity contribution in [3.63, 3.8) is 0 Å². The van der Waals surface area contributed by atoms with E-state index in [0.29, 0.717) is 18.9 Å². The van der Waals surface area contributed by atoms with E-state index in [-0.39, 0.29) is 21.8 Å². The van der Waals surface area contributed by atoms with Crippen LogP contribution < -0.4 is 5.32 Å². The van der Waals surface area contributed by atoms with Crippen molar-refractivity contribution in [1.82, 2.24) is 0 Å². The average Bonchev–Trinajstić information content (AvgIpc) is 2.61. The van der Waals surface area contributed by atoms with Gasteiger partial charge in [0.05, 0.1) is 30.5 Å². The second-order valence-electron chi connectivity index (χ2n) is 7.01. The van der Waals surface area contributed by atoms with Crippen molar-refractivity contribution in [3.8, 4) is 0 Å². The van der Waals surface area contributed by atoms with E-state index in [1.807, 2.05) is 6.92 Å². The smallest absolute Gasteiger partial charge is 0.255 e. The van der Waals surface area contributed by atoms with Gasteiger partial charge >= 0.3 is 0 Å². The van der Waals surface area contributed by atoms with Gasteiger partial charge in [-0.1, -0.05) is 13.0 Å². The first kappa shape index (κ1) is 19.5. The number of sulfone groups is 1. The highest BCUT2D eigenvalue weighted by molar-refractivity contribution is 7.91. The topological polar surface area (TPSA) is 92.7 Å². The largest absolute Gasteiger partial charge is 0.392 e. The molecule has 0 unspecified atom stereocenters. The molecule has 1 saturated heterocycles. The van der Waals surface area contributed by atoms with Crippen molar-refractivity contribution in [2.24, 2.45) is 5.41 Å². The minimum Gasteiger partial charge on any atom is -0.392 e. The normalized spacial score (nSPS) is 15.8. The summed E-state index contributed by atoms with van der Waals surface area (Å²) in [6, 6.07) is 9.62. The van der Waals surface area contributed by atoms with Crippen LogP contribution >= 0.6 is 0 Å². The van der Waals surface area contributed by atoms with Crippen molar-refractivity contribution in [1.29, 1.82) is 0 Å². The van der Waals surface area contributed by atoms with Gasteiger partial charge < -0.3 is 15.2 Å². The zero-order chi connectivity index (χ0) is 19.7. The van der Waals surface area contributed by atoms with E-state index in [1.165, 1.54) is 36.4 Å². The van der Waals surface area contributed by atoms with Crippen LogP contribution in [0.2, 0.25) is 0 Å². The van der Waals surface area contributed by atoms with Gasteiger partial charge in [-0.25, -0.2) is 12.8 Å². The van der Waals surface area contributed by atoms with Crippen LogP contribution in [0.5, 0.6) is 0 Å². The Hall–Kier alpha value is -2.29. The van der Waals surface area contributed by atoms with Crippen molar-refractivity contribution >= 4 is 21.4 Å². The molecule has 3 rings (SSSR count). The molecular weight excluding hydrogens is 373 g/mol. The van der Waals surface area contributed by atoms with Crippen molar-refractivity contribution < 1.29 is 27.4 Å². The molecule has 1 aliphatic rings. The van der Waals surface area contributed by atoms with Crippen LogP contribution in [0.1, 0.15) is 22.8 Å². The maximum absolute atomic E-state index is 13.4. The SMILES string of the molecule is CC1(CS(=O)(=O)c2cccc(C(=O)Nc3ccc(F)c(CO)c3)c2)COC1. The number of hydrogen-bond acceptors (Lipinski definition) is 5. The predicted octanol–water partition coefficient (Wildman–Crippen LogP) is 2.38. The summed E-state index contributed by atoms with van der Waals surface area (Å²) >= 11 is 0. The minimum absolute atomic E-state index is 0.0527. The Bertz CT molecular complexity index is 970. The highest BCUT2D eigenvalue weighted by Gasteiger charge is 2.38. The van der Waals surface area contributed by atoms with E-state index >= 15 is 0 Å². The number of rotatable bonds is 6. The number of benzene rings is 2. The molecule has 27 heavy (non-hydrogen) atoms. The second-order valence-corrected chi connectivity index (χ2v) is 9.00. The molecule has 1 amide bonds. The van der Waals surface area contributed by atoms with Gasteiger partial charge in [0.1, 0.15) is 5.82 Å². The summed E-state index contributed by atoms with van der Waals surface area (Å²) in [6.45, 7) is 2.14. The lowest BCUT2D eigenvalue weighted by atomic mass is 9.92. The van der Waals surface area contributed by atoms with Crippen molar-refractivity contribution in [2.45, 2.75) is 18.4 Å². The van der Waals surface area contributed by atoms with Crippen LogP contribution in [0, 0.1) is 11.2 Å². The molecule has 2 aromatic carbocycles. The van der Waals surface area contributed by atoms with Crippen molar-refractivity contribution in [2.75, 3.05) is 24.3 Å². The van der Waals surface area contributed by atoms with Crippen LogP contribution in [0.3, 0.4) is 0 Å². The first-order valence-corrected chi connectivity index (χ1v) is 9.99. The maximum Gasteiger partial charge on any atom is 0.255 e. The monoisotopic (exact) mass is 393 g/mol. The van der Waals surface area contributed by atoms with E-state index in [4.69, 9.17) is 9.84 Å². The second kappa shape index (κ2) is 7.38. The number of amides is 1. The molecule has 1 aliphatic heterocycles. The Morgan fingerprint density at radius 3 is 2.63 bits per heavy atom. The van der Waals surface area contributed by atoms with E-state index in [1.54, 1.807) is 0 Å². The summed E-state index contributed by atoms with van der Waals surface area (Å²) in [6.07, 6.45) is 0. The van der Waals surface area contributed by atoms with E-state index in [0.717, 1.165) is 6.07 Å². The fraction of sp³-hybridized carbons (Fsp3) is 0.316. The molecule has 1 heterocycles. The minimum atomic E-state index is -3.57. The fourth-order valence-electron chi connectivity index (χ4n) is 2.88. The lowest BCUT2D eigenvalue weighted by molar-refractivity contribution is -0.0870. The lowest BCUT2D eigenvalue weighted by Gasteiger charge is -2.37. The number of hydrogen-bond donors (Lipinski definition) is 2. The quantitative estimate of drug-likeness (QED) is 0.786. The molecule has 2 aromatic rings. The molecule has 0 bridgehead atoms. The van der Waals surface area contributed by atoms with Crippen LogP contribution in [-0.4, -0.2) is 38.4 Å². The Morgan fingerprint density at radius 2 is 2.00 bits per heavy atom. The summed E-state index contributed by atoms with van der Waals surface area (Å²) in [5.74, 6) is -1.15. The molecule has 0 aliphatic carbocycles. The summed E-state index contributed by atoms with van der Waals surface area (Å²) in [7, 11) is -3.57. The van der Waals surface area contributed by atoms with Gasteiger partial charge in [-0.15, -0.1) is 0 Å². The van der Waals surface area contributed by atoms with Gasteiger partial charge in [-0.05, 0) is 36.4 Å². The number of carbonyl (C=O) groups is 1. The lowest BCUT2D eigenvalue weighted by Crippen LogP contribution is -2.45. The summed E-state index contributed by atoms with van der Waals surface area (Å²) in [4.78, 5) is 12.5. The van der Waals surface area contributed by atoms with E-state index in [2.05, 4.69) is 5.32 Å². The zero-order valence-electron chi connectivity index (χ0n) is 14.7. The van der Waals surface area contributed by atoms with Gasteiger partial charge in [-0.2, -0.15) is 0 Å². The average molecular weight is 393 g/mol. The number of carbonyl (C=O) groups excluding carboxylic acids is 1. The van der Waals surface area contributed by atoms with Gasteiger partial charge in [-0.3, -0.25) is 4.79 Å². The molecule has 1 fully saturated rings. The maximum atomic E-state index is 13.4. The van der Waals surface area contributed by atoms with E-state index in [9.17, 15) is 17.6 Å². The predicted molar refractivity (Wildman–Crippen MR) is 97.7 cm³/mol. The van der Waals surface area contributed by atoms with Gasteiger partial charge in [0.15, 0.2) is 9.84 Å². The van der Waals surface area contributed by atoms with Crippen LogP contribution in [0.25, 0.3) is 0 Å². The molecule has 2 N–H and O–H groups in total. The summed E-state index contributed by atoms with van der Waals surface area (Å²) in [5.41, 5.74) is 0.116. The Morgan fingerprint density at radius 1 is 1.26 bits per heavy atom. The third-order valence-corrected chi connectivity index (χ3v) is 6.42. The third-order valence-electron chi connectivity index (χ3n) is 4.37. The molecule has 8 heteroatoms. The number of aliphatic hydroxyl groups excluding tert-OH is 1. The Labute approximate surface area is 156 Å². The van der Waals surface area contributed by atoms with Crippen LogP contribution in [0.15, 0.2) is 47.4 Å². The molecule has 0 saturated carbocycles. The number of anilines is 1. The molecule has 144 valence electrons. The number of halogens is 1. The molecule has 6 nitrogen and oxygen atoms in total. The van der Waals surface area contributed by atoms with Gasteiger partial charge in [0, 0.05) is 22.2 Å². The number of aliphatic hydroxyl groups is 1. The molecular formula is C19H20FNO5S. The Balaban J connectivity index is 1.79. The molecule has 0 atom stereocenters. The number of nitrogens with one attached hydrogen (secondary N) is 1. The Kier molecular flexibility index (Phi) is 5.32. The number of ether oxygens (including phenoxy) is 1. The van der Waals surface area contributed by atoms with Gasteiger partial charge in [0.2, 0.25) is 0 Å². The zero-order valence-corrected chi connectivity index (χ0v) is 15.6. The first-order chi connectivity index (χ1) is 12.7. The summed E-state index contributed by atoms with van der Waals surface area (Å²) in [5, 5.41) is 11.7. The molecule has 0 spiro atoms. The van der Waals surface area contributed by atoms with Crippen molar-refractivity contribution in [3.05, 3.63) is 59.4 Å². The molecule has 0 radical (unpaired) electrons. The van der Waals surface area contributed by atoms with Crippen LogP contribution in [-0.2, 0) is 21.2 Å². The fourth-order valence-corrected chi connectivity index (χ4v) is 4.73. The highest BCUT2D eigenvalue weighted by atomic mass is 32.2. The van der Waals surface area contributed by atoms with Gasteiger partial charge in [0.25, 0.3) is 5.91 Å². The molecule has 0 aromatic heterocycles.